The molecule has 4 aliphatic rings. The number of carboxylic acids is 1. The predicted octanol–water partition coefficient (Wildman–Crippen LogP) is 2.18. The van der Waals surface area contributed by atoms with Gasteiger partial charge in [-0.25, -0.2) is 0 Å². The van der Waals surface area contributed by atoms with Crippen molar-refractivity contribution in [3.8, 4) is 0 Å². The van der Waals surface area contributed by atoms with Crippen molar-refractivity contribution < 1.29 is 19.8 Å². The van der Waals surface area contributed by atoms with Crippen LogP contribution < -0.4 is 0 Å². The van der Waals surface area contributed by atoms with Crippen molar-refractivity contribution in [2.75, 3.05) is 6.54 Å². The molecule has 6 nitrogen and oxygen atoms in total. The van der Waals surface area contributed by atoms with Gasteiger partial charge < -0.3 is 15.1 Å². The first-order valence-electron chi connectivity index (χ1n) is 10.0. The first-order chi connectivity index (χ1) is 12.8. The third-order valence-corrected chi connectivity index (χ3v) is 6.88. The highest BCUT2D eigenvalue weighted by molar-refractivity contribution is 6.45. The zero-order valence-corrected chi connectivity index (χ0v) is 16.0. The smallest absolute Gasteiger partial charge is 0.306 e. The van der Waals surface area contributed by atoms with Crippen molar-refractivity contribution in [3.63, 3.8) is 0 Å². The number of aliphatic imine (C=N–C) groups is 1. The molecule has 1 fully saturated rings. The van der Waals surface area contributed by atoms with Crippen LogP contribution in [0.5, 0.6) is 0 Å². The van der Waals surface area contributed by atoms with E-state index in [0.717, 1.165) is 19.4 Å². The van der Waals surface area contributed by atoms with Gasteiger partial charge in [0.25, 0.3) is 0 Å². The molecule has 6 atom stereocenters. The molecule has 0 saturated carbocycles. The zero-order valence-electron chi connectivity index (χ0n) is 16.0. The van der Waals surface area contributed by atoms with Crippen LogP contribution in [-0.4, -0.2) is 56.8 Å². The monoisotopic (exact) mass is 372 g/mol. The lowest BCUT2D eigenvalue weighted by molar-refractivity contribution is -0.141. The number of rotatable bonds is 4. The van der Waals surface area contributed by atoms with Gasteiger partial charge >= 0.3 is 5.97 Å². The summed E-state index contributed by atoms with van der Waals surface area (Å²) in [4.78, 5) is 31.3. The molecule has 6 unspecified atom stereocenters. The molecule has 0 amide bonds. The van der Waals surface area contributed by atoms with E-state index in [9.17, 15) is 14.7 Å². The largest absolute Gasteiger partial charge is 0.481 e. The van der Waals surface area contributed by atoms with Gasteiger partial charge in [-0.3, -0.25) is 14.6 Å². The summed E-state index contributed by atoms with van der Waals surface area (Å²) >= 11 is 0. The number of carbonyl (C=O) groups excluding carboxylic acids is 1. The van der Waals surface area contributed by atoms with Crippen molar-refractivity contribution in [1.82, 2.24) is 4.90 Å². The summed E-state index contributed by atoms with van der Waals surface area (Å²) in [7, 11) is 0. The predicted molar refractivity (Wildman–Crippen MR) is 101 cm³/mol. The lowest BCUT2D eigenvalue weighted by Crippen LogP contribution is -2.44. The fraction of sp³-hybridized carbons (Fsp3) is 0.667. The zero-order chi connectivity index (χ0) is 19.3. The molecular formula is C21H28N2O4. The number of aliphatic carboxylic acids is 1. The van der Waals surface area contributed by atoms with E-state index in [-0.39, 0.29) is 30.6 Å². The Balaban J connectivity index is 1.61. The van der Waals surface area contributed by atoms with Gasteiger partial charge in [0.05, 0.1) is 29.8 Å². The maximum Gasteiger partial charge on any atom is 0.306 e. The van der Waals surface area contributed by atoms with E-state index < -0.39 is 11.6 Å². The van der Waals surface area contributed by atoms with E-state index >= 15 is 0 Å². The van der Waals surface area contributed by atoms with Crippen LogP contribution in [0.2, 0.25) is 0 Å². The summed E-state index contributed by atoms with van der Waals surface area (Å²) in [6.07, 6.45) is 8.29. The molecule has 0 aromatic carbocycles. The summed E-state index contributed by atoms with van der Waals surface area (Å²) in [5, 5.41) is 20.0. The van der Waals surface area contributed by atoms with Crippen LogP contribution in [0.3, 0.4) is 0 Å². The lowest BCUT2D eigenvalue weighted by atomic mass is 9.71. The Morgan fingerprint density at radius 1 is 1.41 bits per heavy atom. The first-order valence-corrected chi connectivity index (χ1v) is 10.0. The fourth-order valence-corrected chi connectivity index (χ4v) is 5.38. The van der Waals surface area contributed by atoms with Crippen molar-refractivity contribution in [1.29, 1.82) is 0 Å². The summed E-state index contributed by atoms with van der Waals surface area (Å²) in [6, 6.07) is 0.549. The average molecular weight is 372 g/mol. The number of fused-ring (bicyclic) bond motifs is 4. The minimum atomic E-state index is -1.45. The number of ketones is 1. The Hall–Kier alpha value is -1.95. The van der Waals surface area contributed by atoms with Crippen molar-refractivity contribution in [2.24, 2.45) is 22.7 Å². The highest BCUT2D eigenvalue weighted by Crippen LogP contribution is 2.44. The molecule has 3 heterocycles. The molecule has 1 saturated heterocycles. The van der Waals surface area contributed by atoms with Crippen LogP contribution in [0.25, 0.3) is 0 Å². The van der Waals surface area contributed by atoms with Crippen molar-refractivity contribution in [2.45, 2.75) is 63.6 Å². The number of allylic oxidation sites excluding steroid dienone is 2. The standard InChI is InChI=1S/C21H28N2O4/c1-3-21(27,10-18(25)26)15-8-13-7-14-11-23-5-4-12(2)6-16(23)19(14)22-20(13)17(24)9-15/h4-5,9,12-14,16,19,27H,3,6-8,10-11H2,1-2H3,(H,25,26). The fourth-order valence-electron chi connectivity index (χ4n) is 5.38. The molecule has 146 valence electrons. The van der Waals surface area contributed by atoms with E-state index in [2.05, 4.69) is 24.1 Å². The quantitative estimate of drug-likeness (QED) is 0.789. The third-order valence-electron chi connectivity index (χ3n) is 6.88. The molecule has 0 radical (unpaired) electrons. The molecule has 0 spiro atoms. The number of hydrogen-bond acceptors (Lipinski definition) is 5. The van der Waals surface area contributed by atoms with E-state index in [1.165, 1.54) is 6.08 Å². The second kappa shape index (κ2) is 6.59. The second-order valence-corrected chi connectivity index (χ2v) is 8.71. The van der Waals surface area contributed by atoms with Crippen LogP contribution in [0, 0.1) is 17.8 Å². The molecule has 1 aliphatic carbocycles. The van der Waals surface area contributed by atoms with Gasteiger partial charge in [-0.1, -0.05) is 19.9 Å². The van der Waals surface area contributed by atoms with Gasteiger partial charge in [0, 0.05) is 18.4 Å². The minimum absolute atomic E-state index is 0.00613. The van der Waals surface area contributed by atoms with E-state index in [1.807, 2.05) is 0 Å². The number of carboxylic acid groups (broad SMARTS) is 1. The van der Waals surface area contributed by atoms with Crippen LogP contribution in [0.4, 0.5) is 0 Å². The maximum atomic E-state index is 12.8. The topological polar surface area (TPSA) is 90.2 Å². The Morgan fingerprint density at radius 3 is 2.89 bits per heavy atom. The normalized spacial score (nSPS) is 36.9. The number of nitrogens with zero attached hydrogens (tertiary/aromatic N) is 2. The molecular weight excluding hydrogens is 344 g/mol. The van der Waals surface area contributed by atoms with Crippen LogP contribution in [0.1, 0.15) is 46.0 Å². The molecule has 3 aliphatic heterocycles. The highest BCUT2D eigenvalue weighted by atomic mass is 16.4. The van der Waals surface area contributed by atoms with Gasteiger partial charge in [0.15, 0.2) is 5.78 Å². The molecule has 6 heteroatoms. The highest BCUT2D eigenvalue weighted by Gasteiger charge is 2.48. The Labute approximate surface area is 159 Å². The molecule has 0 aromatic rings. The van der Waals surface area contributed by atoms with Crippen molar-refractivity contribution in [3.05, 3.63) is 23.9 Å². The Bertz CT molecular complexity index is 755. The maximum absolute atomic E-state index is 12.8. The molecule has 27 heavy (non-hydrogen) atoms. The first kappa shape index (κ1) is 18.4. The summed E-state index contributed by atoms with van der Waals surface area (Å²) in [6.45, 7) is 4.94. The molecule has 0 aromatic heterocycles. The van der Waals surface area contributed by atoms with Gasteiger partial charge in [-0.2, -0.15) is 0 Å². The Morgan fingerprint density at radius 2 is 2.19 bits per heavy atom. The van der Waals surface area contributed by atoms with Crippen LogP contribution in [-0.2, 0) is 9.59 Å². The second-order valence-electron chi connectivity index (χ2n) is 8.71. The van der Waals surface area contributed by atoms with E-state index in [0.29, 0.717) is 35.6 Å². The average Bonchev–Trinajstić information content (AvgIpc) is 2.96. The minimum Gasteiger partial charge on any atom is -0.481 e. The SMILES string of the molecule is CCC(O)(CC(=O)O)C1=CC(=O)C2=NC3C(CC2C1)CN1C=CC(C)CC31. The molecule has 0 bridgehead atoms. The molecule has 2 N–H and O–H groups in total. The summed E-state index contributed by atoms with van der Waals surface area (Å²) in [5.41, 5.74) is -0.253. The van der Waals surface area contributed by atoms with E-state index in [4.69, 9.17) is 10.1 Å². The summed E-state index contributed by atoms with van der Waals surface area (Å²) < 4.78 is 0. The number of carbonyl (C=O) groups is 2. The van der Waals surface area contributed by atoms with Gasteiger partial charge in [-0.15, -0.1) is 0 Å². The Kier molecular flexibility index (Phi) is 4.49. The van der Waals surface area contributed by atoms with Gasteiger partial charge in [-0.05, 0) is 49.5 Å². The van der Waals surface area contributed by atoms with Crippen LogP contribution in [0.15, 0.2) is 28.9 Å². The van der Waals surface area contributed by atoms with Crippen LogP contribution >= 0.6 is 0 Å². The van der Waals surface area contributed by atoms with E-state index in [1.54, 1.807) is 6.92 Å². The lowest BCUT2D eigenvalue weighted by Gasteiger charge is -2.38. The number of hydrogen-bond donors (Lipinski definition) is 2. The van der Waals surface area contributed by atoms with Crippen molar-refractivity contribution >= 4 is 17.5 Å². The molecule has 4 rings (SSSR count). The number of aliphatic hydroxyl groups is 1. The third kappa shape index (κ3) is 3.14. The summed E-state index contributed by atoms with van der Waals surface area (Å²) in [5.74, 6) is -0.250. The van der Waals surface area contributed by atoms with Gasteiger partial charge in [0.2, 0.25) is 0 Å². The van der Waals surface area contributed by atoms with Gasteiger partial charge in [0.1, 0.15) is 0 Å².